The average Bonchev–Trinajstić information content (AvgIpc) is 2.92. The molecule has 1 atom stereocenters. The maximum Gasteiger partial charge on any atom is 0.270 e. The fourth-order valence-corrected chi connectivity index (χ4v) is 4.88. The molecule has 5 nitrogen and oxygen atoms in total. The van der Waals surface area contributed by atoms with E-state index in [1.54, 1.807) is 4.68 Å². The molecule has 0 aliphatic carbocycles. The molecule has 1 aliphatic heterocycles. The summed E-state index contributed by atoms with van der Waals surface area (Å²) in [6.07, 6.45) is 1.48. The highest BCUT2D eigenvalue weighted by atomic mass is 16.1. The van der Waals surface area contributed by atoms with Gasteiger partial charge in [0.2, 0.25) is 0 Å². The van der Waals surface area contributed by atoms with Crippen LogP contribution in [0.4, 0.5) is 0 Å². The van der Waals surface area contributed by atoms with E-state index in [0.29, 0.717) is 19.0 Å². The summed E-state index contributed by atoms with van der Waals surface area (Å²) in [6.45, 7) is 4.48. The van der Waals surface area contributed by atoms with Gasteiger partial charge in [0.05, 0.1) is 5.69 Å². The number of aromatic nitrogens is 2. The lowest BCUT2D eigenvalue weighted by atomic mass is 10.0. The maximum absolute atomic E-state index is 13.4. The van der Waals surface area contributed by atoms with Crippen molar-refractivity contribution < 1.29 is 0 Å². The zero-order chi connectivity index (χ0) is 23.9. The minimum absolute atomic E-state index is 0.00783. The molecule has 1 saturated heterocycles. The highest BCUT2D eigenvalue weighted by Gasteiger charge is 2.23. The molecule has 1 unspecified atom stereocenters. The van der Waals surface area contributed by atoms with Crippen molar-refractivity contribution in [2.75, 3.05) is 26.2 Å². The lowest BCUT2D eigenvalue weighted by Gasteiger charge is -2.36. The minimum Gasteiger partial charge on any atom is -0.314 e. The topological polar surface area (TPSA) is 50.2 Å². The van der Waals surface area contributed by atoms with E-state index in [9.17, 15) is 4.79 Å². The number of rotatable bonds is 8. The van der Waals surface area contributed by atoms with Crippen LogP contribution in [0.25, 0.3) is 11.3 Å². The quantitative estimate of drug-likeness (QED) is 0.416. The summed E-state index contributed by atoms with van der Waals surface area (Å²) >= 11 is 0. The number of piperazine rings is 1. The second-order valence-corrected chi connectivity index (χ2v) is 9.13. The third-order valence-corrected chi connectivity index (χ3v) is 6.71. The molecule has 0 saturated carbocycles. The standard InChI is InChI=1S/C30H32N4O/c35-30-27(21-24-11-4-1-5-12-24)22-28(25-13-6-2-7-14-25)32-34(30)19-10-18-33-20-17-31-23-29(33)26-15-8-3-9-16-26/h1-9,11-16,22,29,31H,10,17-21,23H2. The van der Waals surface area contributed by atoms with Crippen LogP contribution in [-0.4, -0.2) is 40.9 Å². The Morgan fingerprint density at radius 3 is 2.29 bits per heavy atom. The second-order valence-electron chi connectivity index (χ2n) is 9.13. The van der Waals surface area contributed by atoms with E-state index in [2.05, 4.69) is 64.8 Å². The first kappa shape index (κ1) is 23.2. The summed E-state index contributed by atoms with van der Waals surface area (Å²) in [7, 11) is 0. The van der Waals surface area contributed by atoms with Gasteiger partial charge in [-0.15, -0.1) is 0 Å². The van der Waals surface area contributed by atoms with Crippen LogP contribution < -0.4 is 10.9 Å². The third kappa shape index (κ3) is 5.76. The molecular formula is C30H32N4O. The highest BCUT2D eigenvalue weighted by molar-refractivity contribution is 5.59. The van der Waals surface area contributed by atoms with Gasteiger partial charge >= 0.3 is 0 Å². The van der Waals surface area contributed by atoms with E-state index in [-0.39, 0.29) is 5.56 Å². The fourth-order valence-electron chi connectivity index (χ4n) is 4.88. The summed E-state index contributed by atoms with van der Waals surface area (Å²) in [6, 6.07) is 33.3. The number of hydrogen-bond donors (Lipinski definition) is 1. The van der Waals surface area contributed by atoms with E-state index >= 15 is 0 Å². The van der Waals surface area contributed by atoms with E-state index in [1.807, 2.05) is 42.5 Å². The van der Waals surface area contributed by atoms with Gasteiger partial charge in [0.1, 0.15) is 0 Å². The second kappa shape index (κ2) is 11.3. The Morgan fingerprint density at radius 2 is 1.54 bits per heavy atom. The normalized spacial score (nSPS) is 16.3. The van der Waals surface area contributed by atoms with Crippen molar-refractivity contribution in [2.45, 2.75) is 25.4 Å². The first-order valence-electron chi connectivity index (χ1n) is 12.5. The van der Waals surface area contributed by atoms with Crippen LogP contribution in [0.3, 0.4) is 0 Å². The van der Waals surface area contributed by atoms with Crippen LogP contribution >= 0.6 is 0 Å². The van der Waals surface area contributed by atoms with Gasteiger partial charge in [0, 0.05) is 56.3 Å². The van der Waals surface area contributed by atoms with Crippen molar-refractivity contribution in [3.63, 3.8) is 0 Å². The monoisotopic (exact) mass is 464 g/mol. The van der Waals surface area contributed by atoms with Crippen LogP contribution in [0, 0.1) is 0 Å². The molecule has 3 aromatic carbocycles. The molecule has 1 fully saturated rings. The SMILES string of the molecule is O=c1c(Cc2ccccc2)cc(-c2ccccc2)nn1CCCN1CCNCC1c1ccccc1. The van der Waals surface area contributed by atoms with Gasteiger partial charge < -0.3 is 5.32 Å². The van der Waals surface area contributed by atoms with E-state index in [0.717, 1.165) is 55.0 Å². The number of benzene rings is 3. The zero-order valence-corrected chi connectivity index (χ0v) is 20.0. The van der Waals surface area contributed by atoms with Crippen molar-refractivity contribution in [1.29, 1.82) is 0 Å². The Balaban J connectivity index is 1.36. The predicted octanol–water partition coefficient (Wildman–Crippen LogP) is 4.54. The lowest BCUT2D eigenvalue weighted by Crippen LogP contribution is -2.46. The van der Waals surface area contributed by atoms with Crippen molar-refractivity contribution >= 4 is 0 Å². The third-order valence-electron chi connectivity index (χ3n) is 6.71. The number of nitrogens with one attached hydrogen (secondary N) is 1. The van der Waals surface area contributed by atoms with Crippen LogP contribution in [0.15, 0.2) is 102 Å². The van der Waals surface area contributed by atoms with Crippen molar-refractivity contribution in [3.05, 3.63) is 124 Å². The predicted molar refractivity (Wildman–Crippen MR) is 141 cm³/mol. The molecular weight excluding hydrogens is 432 g/mol. The summed E-state index contributed by atoms with van der Waals surface area (Å²) in [5.41, 5.74) is 5.14. The first-order chi connectivity index (χ1) is 17.3. The van der Waals surface area contributed by atoms with Crippen molar-refractivity contribution in [2.24, 2.45) is 0 Å². The first-order valence-corrected chi connectivity index (χ1v) is 12.5. The molecule has 1 aromatic heterocycles. The van der Waals surface area contributed by atoms with Gasteiger partial charge in [-0.2, -0.15) is 5.10 Å². The summed E-state index contributed by atoms with van der Waals surface area (Å²) < 4.78 is 1.68. The largest absolute Gasteiger partial charge is 0.314 e. The molecule has 4 aromatic rings. The fraction of sp³-hybridized carbons (Fsp3) is 0.267. The molecule has 178 valence electrons. The van der Waals surface area contributed by atoms with Gasteiger partial charge in [-0.1, -0.05) is 91.0 Å². The highest BCUT2D eigenvalue weighted by Crippen LogP contribution is 2.22. The summed E-state index contributed by atoms with van der Waals surface area (Å²) in [5.74, 6) is 0. The molecule has 5 rings (SSSR count). The van der Waals surface area contributed by atoms with Gasteiger partial charge in [-0.05, 0) is 23.6 Å². The molecule has 1 N–H and O–H groups in total. The average molecular weight is 465 g/mol. The molecule has 0 radical (unpaired) electrons. The van der Waals surface area contributed by atoms with Gasteiger partial charge in [-0.3, -0.25) is 9.69 Å². The smallest absolute Gasteiger partial charge is 0.270 e. The molecule has 0 spiro atoms. The Bertz CT molecular complexity index is 1270. The zero-order valence-electron chi connectivity index (χ0n) is 20.0. The molecule has 35 heavy (non-hydrogen) atoms. The van der Waals surface area contributed by atoms with Gasteiger partial charge in [-0.25, -0.2) is 4.68 Å². The molecule has 0 bridgehead atoms. The minimum atomic E-state index is 0.00783. The number of hydrogen-bond acceptors (Lipinski definition) is 4. The molecule has 5 heteroatoms. The molecule has 0 amide bonds. The van der Waals surface area contributed by atoms with E-state index in [1.165, 1.54) is 5.56 Å². The molecule has 2 heterocycles. The lowest BCUT2D eigenvalue weighted by molar-refractivity contribution is 0.157. The van der Waals surface area contributed by atoms with Crippen LogP contribution in [0.1, 0.15) is 29.2 Å². The molecule has 1 aliphatic rings. The van der Waals surface area contributed by atoms with Gasteiger partial charge in [0.15, 0.2) is 0 Å². The van der Waals surface area contributed by atoms with Crippen LogP contribution in [0.5, 0.6) is 0 Å². The summed E-state index contributed by atoms with van der Waals surface area (Å²) in [4.78, 5) is 15.9. The Hall–Kier alpha value is -3.54. The van der Waals surface area contributed by atoms with Gasteiger partial charge in [0.25, 0.3) is 5.56 Å². The number of nitrogens with zero attached hydrogens (tertiary/aromatic N) is 3. The Kier molecular flexibility index (Phi) is 7.47. The van der Waals surface area contributed by atoms with Crippen LogP contribution in [0.2, 0.25) is 0 Å². The van der Waals surface area contributed by atoms with E-state index in [4.69, 9.17) is 5.10 Å². The van der Waals surface area contributed by atoms with Crippen molar-refractivity contribution in [1.82, 2.24) is 20.0 Å². The van der Waals surface area contributed by atoms with Crippen molar-refractivity contribution in [3.8, 4) is 11.3 Å². The maximum atomic E-state index is 13.4. The van der Waals surface area contributed by atoms with E-state index < -0.39 is 0 Å². The number of aryl methyl sites for hydroxylation is 1. The van der Waals surface area contributed by atoms with Crippen LogP contribution in [-0.2, 0) is 13.0 Å². The Morgan fingerprint density at radius 1 is 0.857 bits per heavy atom. The Labute approximate surface area is 207 Å². The summed E-state index contributed by atoms with van der Waals surface area (Å²) in [5, 5.41) is 8.31.